The highest BCUT2D eigenvalue weighted by molar-refractivity contribution is 5.73. The molecule has 0 aromatic carbocycles. The SMILES string of the molecule is CCc1c(C=O)nnn1CCN(C)C. The van der Waals surface area contributed by atoms with Crippen LogP contribution in [0.3, 0.4) is 0 Å². The van der Waals surface area contributed by atoms with E-state index in [-0.39, 0.29) is 0 Å². The number of hydrogen-bond donors (Lipinski definition) is 0. The Labute approximate surface area is 83.7 Å². The van der Waals surface area contributed by atoms with E-state index in [9.17, 15) is 4.79 Å². The van der Waals surface area contributed by atoms with Crippen LogP contribution in [0.1, 0.15) is 23.1 Å². The predicted molar refractivity (Wildman–Crippen MR) is 53.3 cm³/mol. The Hall–Kier alpha value is -1.23. The second kappa shape index (κ2) is 4.85. The zero-order chi connectivity index (χ0) is 10.6. The number of carbonyl (C=O) groups is 1. The molecule has 0 aliphatic heterocycles. The van der Waals surface area contributed by atoms with Gasteiger partial charge in [0.25, 0.3) is 0 Å². The fourth-order valence-electron chi connectivity index (χ4n) is 1.28. The van der Waals surface area contributed by atoms with E-state index < -0.39 is 0 Å². The molecule has 78 valence electrons. The molecule has 1 heterocycles. The third-order valence-electron chi connectivity index (χ3n) is 2.07. The van der Waals surface area contributed by atoms with Crippen molar-refractivity contribution >= 4 is 6.29 Å². The number of carbonyl (C=O) groups excluding carboxylic acids is 1. The molecule has 0 saturated carbocycles. The van der Waals surface area contributed by atoms with E-state index in [0.29, 0.717) is 5.69 Å². The van der Waals surface area contributed by atoms with Crippen molar-refractivity contribution in [3.05, 3.63) is 11.4 Å². The van der Waals surface area contributed by atoms with Gasteiger partial charge in [0, 0.05) is 6.54 Å². The molecule has 0 N–H and O–H groups in total. The number of hydrogen-bond acceptors (Lipinski definition) is 4. The molecule has 14 heavy (non-hydrogen) atoms. The fourth-order valence-corrected chi connectivity index (χ4v) is 1.28. The molecule has 0 spiro atoms. The maximum absolute atomic E-state index is 10.6. The molecule has 0 aliphatic carbocycles. The first-order valence-corrected chi connectivity index (χ1v) is 4.71. The standard InChI is InChI=1S/C9H16N4O/c1-4-9-8(7-14)10-11-13(9)6-5-12(2)3/h7H,4-6H2,1-3H3. The molecule has 0 atom stereocenters. The highest BCUT2D eigenvalue weighted by Gasteiger charge is 2.09. The summed E-state index contributed by atoms with van der Waals surface area (Å²) in [6.07, 6.45) is 1.55. The van der Waals surface area contributed by atoms with Crippen LogP contribution < -0.4 is 0 Å². The van der Waals surface area contributed by atoms with Crippen LogP contribution in [-0.4, -0.2) is 46.8 Å². The molecule has 0 radical (unpaired) electrons. The second-order valence-corrected chi connectivity index (χ2v) is 3.42. The molecule has 5 heteroatoms. The molecular formula is C9H16N4O. The van der Waals surface area contributed by atoms with Gasteiger partial charge in [-0.3, -0.25) is 4.79 Å². The van der Waals surface area contributed by atoms with Crippen molar-refractivity contribution in [3.63, 3.8) is 0 Å². The van der Waals surface area contributed by atoms with Crippen LogP contribution in [0, 0.1) is 0 Å². The van der Waals surface area contributed by atoms with Gasteiger partial charge in [0.05, 0.1) is 12.2 Å². The number of aldehydes is 1. The maximum atomic E-state index is 10.6. The van der Waals surface area contributed by atoms with Crippen LogP contribution in [0.2, 0.25) is 0 Å². The number of likely N-dealkylation sites (N-methyl/N-ethyl adjacent to an activating group) is 1. The molecule has 1 aromatic heterocycles. The lowest BCUT2D eigenvalue weighted by Gasteiger charge is -2.10. The molecule has 0 unspecified atom stereocenters. The number of nitrogens with zero attached hydrogens (tertiary/aromatic N) is 4. The third-order valence-corrected chi connectivity index (χ3v) is 2.07. The lowest BCUT2D eigenvalue weighted by Crippen LogP contribution is -2.20. The summed E-state index contributed by atoms with van der Waals surface area (Å²) in [4.78, 5) is 12.7. The molecule has 0 amide bonds. The first-order chi connectivity index (χ1) is 6.69. The summed E-state index contributed by atoms with van der Waals surface area (Å²) in [5, 5.41) is 7.75. The van der Waals surface area contributed by atoms with Crippen LogP contribution in [-0.2, 0) is 13.0 Å². The van der Waals surface area contributed by atoms with Gasteiger partial charge in [-0.15, -0.1) is 5.10 Å². The lowest BCUT2D eigenvalue weighted by molar-refractivity contribution is 0.111. The molecule has 0 fully saturated rings. The monoisotopic (exact) mass is 196 g/mol. The topological polar surface area (TPSA) is 51.0 Å². The van der Waals surface area contributed by atoms with E-state index >= 15 is 0 Å². The Morgan fingerprint density at radius 3 is 2.71 bits per heavy atom. The van der Waals surface area contributed by atoms with Gasteiger partial charge in [-0.05, 0) is 20.5 Å². The Morgan fingerprint density at radius 1 is 1.50 bits per heavy atom. The van der Waals surface area contributed by atoms with E-state index in [4.69, 9.17) is 0 Å². The smallest absolute Gasteiger partial charge is 0.172 e. The van der Waals surface area contributed by atoms with Crippen molar-refractivity contribution in [2.75, 3.05) is 20.6 Å². The molecule has 1 rings (SSSR count). The molecular weight excluding hydrogens is 180 g/mol. The van der Waals surface area contributed by atoms with E-state index in [2.05, 4.69) is 15.2 Å². The molecule has 0 aliphatic rings. The Morgan fingerprint density at radius 2 is 2.21 bits per heavy atom. The minimum atomic E-state index is 0.464. The van der Waals surface area contributed by atoms with Crippen molar-refractivity contribution in [3.8, 4) is 0 Å². The van der Waals surface area contributed by atoms with Gasteiger partial charge in [-0.2, -0.15) is 0 Å². The van der Waals surface area contributed by atoms with Gasteiger partial charge in [0.2, 0.25) is 0 Å². The average Bonchev–Trinajstić information content (AvgIpc) is 2.56. The molecule has 1 aromatic rings. The van der Waals surface area contributed by atoms with Crippen molar-refractivity contribution in [1.82, 2.24) is 19.9 Å². The van der Waals surface area contributed by atoms with E-state index in [1.165, 1.54) is 0 Å². The summed E-state index contributed by atoms with van der Waals surface area (Å²) >= 11 is 0. The summed E-state index contributed by atoms with van der Waals surface area (Å²) in [6.45, 7) is 3.67. The second-order valence-electron chi connectivity index (χ2n) is 3.42. The lowest BCUT2D eigenvalue weighted by atomic mass is 10.3. The van der Waals surface area contributed by atoms with Crippen molar-refractivity contribution in [1.29, 1.82) is 0 Å². The zero-order valence-electron chi connectivity index (χ0n) is 8.90. The normalized spacial score (nSPS) is 10.9. The summed E-state index contributed by atoms with van der Waals surface area (Å²) in [6, 6.07) is 0. The highest BCUT2D eigenvalue weighted by Crippen LogP contribution is 2.03. The van der Waals surface area contributed by atoms with Gasteiger partial charge < -0.3 is 4.90 Å². The van der Waals surface area contributed by atoms with Crippen LogP contribution in [0.25, 0.3) is 0 Å². The van der Waals surface area contributed by atoms with Crippen LogP contribution in [0.5, 0.6) is 0 Å². The minimum Gasteiger partial charge on any atom is -0.308 e. The average molecular weight is 196 g/mol. The Balaban J connectivity index is 2.76. The molecule has 0 bridgehead atoms. The zero-order valence-corrected chi connectivity index (χ0v) is 8.90. The summed E-state index contributed by atoms with van der Waals surface area (Å²) in [5.41, 5.74) is 1.38. The third kappa shape index (κ3) is 2.38. The van der Waals surface area contributed by atoms with Crippen LogP contribution >= 0.6 is 0 Å². The van der Waals surface area contributed by atoms with Crippen molar-refractivity contribution in [2.45, 2.75) is 19.9 Å². The van der Waals surface area contributed by atoms with Crippen molar-refractivity contribution < 1.29 is 4.79 Å². The van der Waals surface area contributed by atoms with Crippen LogP contribution in [0.4, 0.5) is 0 Å². The predicted octanol–water partition coefficient (Wildman–Crippen LogP) is 0.215. The van der Waals surface area contributed by atoms with Gasteiger partial charge >= 0.3 is 0 Å². The fraction of sp³-hybridized carbons (Fsp3) is 0.667. The van der Waals surface area contributed by atoms with Crippen molar-refractivity contribution in [2.24, 2.45) is 0 Å². The van der Waals surface area contributed by atoms with Crippen LogP contribution in [0.15, 0.2) is 0 Å². The van der Waals surface area contributed by atoms with Gasteiger partial charge in [0.1, 0.15) is 5.69 Å². The Kier molecular flexibility index (Phi) is 3.76. The first kappa shape index (κ1) is 10.8. The largest absolute Gasteiger partial charge is 0.308 e. The van der Waals surface area contributed by atoms with Gasteiger partial charge in [0.15, 0.2) is 6.29 Å². The highest BCUT2D eigenvalue weighted by atomic mass is 16.1. The number of aromatic nitrogens is 3. The molecule has 0 saturated heterocycles. The summed E-state index contributed by atoms with van der Waals surface area (Å²) in [7, 11) is 4.01. The van der Waals surface area contributed by atoms with E-state index in [1.54, 1.807) is 4.68 Å². The van der Waals surface area contributed by atoms with E-state index in [0.717, 1.165) is 31.5 Å². The van der Waals surface area contributed by atoms with E-state index in [1.807, 2.05) is 21.0 Å². The Bertz CT molecular complexity index is 306. The summed E-state index contributed by atoms with van der Waals surface area (Å²) < 4.78 is 1.80. The number of rotatable bonds is 5. The van der Waals surface area contributed by atoms with Gasteiger partial charge in [-0.25, -0.2) is 4.68 Å². The quantitative estimate of drug-likeness (QED) is 0.632. The minimum absolute atomic E-state index is 0.464. The first-order valence-electron chi connectivity index (χ1n) is 4.71. The maximum Gasteiger partial charge on any atom is 0.172 e. The summed E-state index contributed by atoms with van der Waals surface area (Å²) in [5.74, 6) is 0. The van der Waals surface area contributed by atoms with Gasteiger partial charge in [-0.1, -0.05) is 12.1 Å². The molecule has 5 nitrogen and oxygen atoms in total.